The first kappa shape index (κ1) is 18.4. The quantitative estimate of drug-likeness (QED) is 0.355. The van der Waals surface area contributed by atoms with Crippen LogP contribution in [0.4, 0.5) is 0 Å². The summed E-state index contributed by atoms with van der Waals surface area (Å²) in [6, 6.07) is 22.3. The van der Waals surface area contributed by atoms with Gasteiger partial charge in [-0.3, -0.25) is 0 Å². The standard InChI is InChI=1S/C24H31P/c1-18(2)25(19(3)4)24(22-13-9-6-10-14-22)23(17-20-15-16-20)21-11-7-5-8-12-21/h5-14,18-20H,15-17H2,1-4H3/b24-23+. The van der Waals surface area contributed by atoms with E-state index in [0.717, 1.165) is 5.92 Å². The molecule has 0 aliphatic heterocycles. The van der Waals surface area contributed by atoms with Crippen LogP contribution in [0.1, 0.15) is 58.1 Å². The highest BCUT2D eigenvalue weighted by molar-refractivity contribution is 7.70. The molecule has 0 spiro atoms. The van der Waals surface area contributed by atoms with E-state index in [4.69, 9.17) is 0 Å². The smallest absolute Gasteiger partial charge is 0.0125 e. The van der Waals surface area contributed by atoms with E-state index in [0.29, 0.717) is 11.3 Å². The van der Waals surface area contributed by atoms with E-state index in [1.165, 1.54) is 30.4 Å². The summed E-state index contributed by atoms with van der Waals surface area (Å²) in [5, 5.41) is 1.65. The van der Waals surface area contributed by atoms with E-state index >= 15 is 0 Å². The Labute approximate surface area is 155 Å². The molecule has 0 heterocycles. The molecule has 1 fully saturated rings. The van der Waals surface area contributed by atoms with Gasteiger partial charge in [-0.1, -0.05) is 96.3 Å². The molecule has 0 aromatic heterocycles. The second kappa shape index (κ2) is 8.33. The minimum atomic E-state index is -0.205. The minimum absolute atomic E-state index is 0.205. The average molecular weight is 350 g/mol. The van der Waals surface area contributed by atoms with Crippen LogP contribution < -0.4 is 0 Å². The molecule has 2 aromatic carbocycles. The molecule has 132 valence electrons. The first-order valence-corrected chi connectivity index (χ1v) is 11.2. The molecule has 1 heteroatoms. The maximum Gasteiger partial charge on any atom is -0.0125 e. The third kappa shape index (κ3) is 4.62. The minimum Gasteiger partial charge on any atom is -0.0691 e. The van der Waals surface area contributed by atoms with Gasteiger partial charge in [0.25, 0.3) is 0 Å². The van der Waals surface area contributed by atoms with Gasteiger partial charge in [-0.2, -0.15) is 0 Å². The van der Waals surface area contributed by atoms with E-state index < -0.39 is 0 Å². The number of benzene rings is 2. The van der Waals surface area contributed by atoms with Crippen molar-refractivity contribution in [1.82, 2.24) is 0 Å². The Morgan fingerprint density at radius 3 is 1.72 bits per heavy atom. The van der Waals surface area contributed by atoms with E-state index in [9.17, 15) is 0 Å². The van der Waals surface area contributed by atoms with Crippen LogP contribution in [0.15, 0.2) is 60.7 Å². The van der Waals surface area contributed by atoms with Gasteiger partial charge in [0.1, 0.15) is 0 Å². The number of rotatable bonds is 7. The highest BCUT2D eigenvalue weighted by Gasteiger charge is 2.30. The second-order valence-corrected chi connectivity index (χ2v) is 11.1. The highest BCUT2D eigenvalue weighted by atomic mass is 31.1. The first-order chi connectivity index (χ1) is 12.1. The van der Waals surface area contributed by atoms with Crippen LogP contribution in [0.5, 0.6) is 0 Å². The van der Waals surface area contributed by atoms with Crippen molar-refractivity contribution in [2.75, 3.05) is 0 Å². The van der Waals surface area contributed by atoms with Gasteiger partial charge in [0.2, 0.25) is 0 Å². The fraction of sp³-hybridized carbons (Fsp3) is 0.417. The number of hydrogen-bond donors (Lipinski definition) is 0. The normalized spacial score (nSPS) is 15.8. The van der Waals surface area contributed by atoms with Crippen LogP contribution in [-0.4, -0.2) is 11.3 Å². The molecule has 0 N–H and O–H groups in total. The lowest BCUT2D eigenvalue weighted by Gasteiger charge is -2.32. The fourth-order valence-electron chi connectivity index (χ4n) is 3.79. The summed E-state index contributed by atoms with van der Waals surface area (Å²) < 4.78 is 0. The summed E-state index contributed by atoms with van der Waals surface area (Å²) in [5.74, 6) is 0.894. The first-order valence-electron chi connectivity index (χ1n) is 9.70. The fourth-order valence-corrected chi connectivity index (χ4v) is 6.99. The molecule has 0 amide bonds. The van der Waals surface area contributed by atoms with Gasteiger partial charge < -0.3 is 0 Å². The molecule has 2 aromatic rings. The summed E-state index contributed by atoms with van der Waals surface area (Å²) in [7, 11) is -0.205. The van der Waals surface area contributed by atoms with Crippen molar-refractivity contribution in [3.8, 4) is 0 Å². The van der Waals surface area contributed by atoms with Crippen molar-refractivity contribution in [2.45, 2.75) is 58.3 Å². The van der Waals surface area contributed by atoms with Gasteiger partial charge in [0.15, 0.2) is 0 Å². The Morgan fingerprint density at radius 2 is 1.28 bits per heavy atom. The maximum atomic E-state index is 2.41. The lowest BCUT2D eigenvalue weighted by molar-refractivity contribution is 0.878. The molecule has 0 atom stereocenters. The van der Waals surface area contributed by atoms with Gasteiger partial charge in [-0.05, 0) is 58.5 Å². The van der Waals surface area contributed by atoms with Crippen LogP contribution in [0.3, 0.4) is 0 Å². The SMILES string of the molecule is CC(C)P(/C(=C(\CC1CC1)c1ccccc1)c1ccccc1)C(C)C. The second-order valence-electron chi connectivity index (χ2n) is 7.80. The molecular formula is C24H31P. The number of allylic oxidation sites excluding steroid dienone is 1. The summed E-state index contributed by atoms with van der Waals surface area (Å²) >= 11 is 0. The molecule has 1 saturated carbocycles. The lowest BCUT2D eigenvalue weighted by Crippen LogP contribution is -2.07. The maximum absolute atomic E-state index is 2.41. The van der Waals surface area contributed by atoms with Crippen molar-refractivity contribution in [1.29, 1.82) is 0 Å². The van der Waals surface area contributed by atoms with Crippen molar-refractivity contribution in [3.05, 3.63) is 71.8 Å². The van der Waals surface area contributed by atoms with Gasteiger partial charge in [0.05, 0.1) is 0 Å². The van der Waals surface area contributed by atoms with Gasteiger partial charge in [0, 0.05) is 0 Å². The molecule has 1 aliphatic rings. The Morgan fingerprint density at radius 1 is 0.800 bits per heavy atom. The monoisotopic (exact) mass is 350 g/mol. The van der Waals surface area contributed by atoms with Crippen molar-refractivity contribution in [2.24, 2.45) is 5.92 Å². The average Bonchev–Trinajstić information content (AvgIpc) is 3.43. The van der Waals surface area contributed by atoms with Crippen LogP contribution in [-0.2, 0) is 0 Å². The van der Waals surface area contributed by atoms with Crippen molar-refractivity contribution < 1.29 is 0 Å². The Kier molecular flexibility index (Phi) is 6.13. The molecule has 0 bridgehead atoms. The Hall–Kier alpha value is -1.39. The van der Waals surface area contributed by atoms with Gasteiger partial charge in [-0.25, -0.2) is 0 Å². The molecule has 0 nitrogen and oxygen atoms in total. The summed E-state index contributed by atoms with van der Waals surface area (Å²) in [5.41, 5.74) is 5.88. The van der Waals surface area contributed by atoms with Crippen LogP contribution >= 0.6 is 7.92 Å². The molecule has 0 unspecified atom stereocenters. The topological polar surface area (TPSA) is 0 Å². The molecule has 3 rings (SSSR count). The van der Waals surface area contributed by atoms with Crippen LogP contribution in [0.2, 0.25) is 0 Å². The van der Waals surface area contributed by atoms with Gasteiger partial charge in [-0.15, -0.1) is 0 Å². The van der Waals surface area contributed by atoms with E-state index in [1.54, 1.807) is 10.9 Å². The molecule has 1 aliphatic carbocycles. The van der Waals surface area contributed by atoms with Crippen molar-refractivity contribution in [3.63, 3.8) is 0 Å². The lowest BCUT2D eigenvalue weighted by atomic mass is 9.97. The Bertz CT molecular complexity index is 685. The summed E-state index contributed by atoms with van der Waals surface area (Å²) in [4.78, 5) is 0. The molecular weight excluding hydrogens is 319 g/mol. The summed E-state index contributed by atoms with van der Waals surface area (Å²) in [6.07, 6.45) is 4.05. The Balaban J connectivity index is 2.21. The largest absolute Gasteiger partial charge is 0.0691 e. The zero-order valence-corrected chi connectivity index (χ0v) is 17.0. The predicted molar refractivity (Wildman–Crippen MR) is 114 cm³/mol. The van der Waals surface area contributed by atoms with Gasteiger partial charge >= 0.3 is 0 Å². The third-order valence-corrected chi connectivity index (χ3v) is 8.29. The number of hydrogen-bond acceptors (Lipinski definition) is 0. The van der Waals surface area contributed by atoms with E-state index in [1.807, 2.05) is 0 Å². The van der Waals surface area contributed by atoms with E-state index in [2.05, 4.69) is 88.4 Å². The molecule has 25 heavy (non-hydrogen) atoms. The summed E-state index contributed by atoms with van der Waals surface area (Å²) in [6.45, 7) is 9.64. The zero-order chi connectivity index (χ0) is 17.8. The third-order valence-electron chi connectivity index (χ3n) is 5.02. The van der Waals surface area contributed by atoms with Crippen molar-refractivity contribution >= 4 is 18.8 Å². The van der Waals surface area contributed by atoms with Crippen LogP contribution in [0.25, 0.3) is 10.9 Å². The van der Waals surface area contributed by atoms with Crippen LogP contribution in [0, 0.1) is 5.92 Å². The zero-order valence-electron chi connectivity index (χ0n) is 16.1. The molecule has 0 saturated heterocycles. The van der Waals surface area contributed by atoms with E-state index in [-0.39, 0.29) is 7.92 Å². The predicted octanol–water partition coefficient (Wildman–Crippen LogP) is 7.65. The highest BCUT2D eigenvalue weighted by Crippen LogP contribution is 2.61. The molecule has 0 radical (unpaired) electrons.